The number of carbonyl (C=O) groups is 2. The highest BCUT2D eigenvalue weighted by atomic mass is 32.2. The minimum Gasteiger partial charge on any atom is -0.341 e. The van der Waals surface area contributed by atoms with Gasteiger partial charge < -0.3 is 10.2 Å². The van der Waals surface area contributed by atoms with Crippen molar-refractivity contribution < 1.29 is 9.59 Å². The Morgan fingerprint density at radius 3 is 2.52 bits per heavy atom. The molecule has 2 aliphatic heterocycles. The van der Waals surface area contributed by atoms with Gasteiger partial charge in [0.25, 0.3) is 0 Å². The van der Waals surface area contributed by atoms with Crippen LogP contribution in [0.2, 0.25) is 0 Å². The van der Waals surface area contributed by atoms with Crippen molar-refractivity contribution in [3.05, 3.63) is 59.7 Å². The van der Waals surface area contributed by atoms with Crippen molar-refractivity contribution in [2.24, 2.45) is 0 Å². The largest absolute Gasteiger partial charge is 0.341 e. The van der Waals surface area contributed by atoms with Crippen molar-refractivity contribution in [1.29, 1.82) is 0 Å². The molecule has 1 atom stereocenters. The third-order valence-electron chi connectivity index (χ3n) is 4.88. The summed E-state index contributed by atoms with van der Waals surface area (Å²) in [5.41, 5.74) is 3.01. The van der Waals surface area contributed by atoms with Gasteiger partial charge in [-0.25, -0.2) is 0 Å². The van der Waals surface area contributed by atoms with Gasteiger partial charge in [0.1, 0.15) is 0 Å². The van der Waals surface area contributed by atoms with Gasteiger partial charge in [0, 0.05) is 35.2 Å². The zero-order valence-corrected chi connectivity index (χ0v) is 16.7. The van der Waals surface area contributed by atoms with E-state index in [1.165, 1.54) is 10.5 Å². The van der Waals surface area contributed by atoms with Crippen molar-refractivity contribution in [3.8, 4) is 0 Å². The molecule has 27 heavy (non-hydrogen) atoms. The summed E-state index contributed by atoms with van der Waals surface area (Å²) in [4.78, 5) is 28.1. The zero-order valence-electron chi connectivity index (χ0n) is 15.0. The third-order valence-corrected chi connectivity index (χ3v) is 7.14. The molecule has 1 saturated heterocycles. The molecule has 0 bridgehead atoms. The molecule has 4 rings (SSSR count). The molecule has 2 aromatic rings. The average molecular weight is 399 g/mol. The van der Waals surface area contributed by atoms with E-state index in [9.17, 15) is 9.59 Å². The smallest absolute Gasteiger partial charge is 0.238 e. The Morgan fingerprint density at radius 1 is 1.04 bits per heavy atom. The number of benzene rings is 2. The van der Waals surface area contributed by atoms with Crippen LogP contribution in [0.4, 0.5) is 5.69 Å². The second-order valence-electron chi connectivity index (χ2n) is 6.77. The molecule has 2 heterocycles. The number of fused-ring (bicyclic) bond motifs is 1. The quantitative estimate of drug-likeness (QED) is 0.857. The SMILES string of the molecule is O=C(Nc1ccc(CC(=O)N2CCSCC2)cc1)C1Cc2ccccc2S1. The topological polar surface area (TPSA) is 49.4 Å². The predicted molar refractivity (Wildman–Crippen MR) is 112 cm³/mol. The maximum absolute atomic E-state index is 12.6. The Morgan fingerprint density at radius 2 is 1.78 bits per heavy atom. The van der Waals surface area contributed by atoms with Gasteiger partial charge in [0.15, 0.2) is 0 Å². The second kappa shape index (κ2) is 8.40. The number of carbonyl (C=O) groups excluding carboxylic acids is 2. The van der Waals surface area contributed by atoms with Gasteiger partial charge in [-0.15, -0.1) is 11.8 Å². The van der Waals surface area contributed by atoms with Crippen LogP contribution in [-0.4, -0.2) is 46.6 Å². The fraction of sp³-hybridized carbons (Fsp3) is 0.333. The molecule has 2 amide bonds. The first-order chi connectivity index (χ1) is 13.2. The lowest BCUT2D eigenvalue weighted by molar-refractivity contribution is -0.130. The van der Waals surface area contributed by atoms with Crippen LogP contribution in [0.3, 0.4) is 0 Å². The number of thioether (sulfide) groups is 2. The van der Waals surface area contributed by atoms with Crippen molar-refractivity contribution in [2.45, 2.75) is 23.0 Å². The predicted octanol–water partition coefficient (Wildman–Crippen LogP) is 3.46. The second-order valence-corrected chi connectivity index (χ2v) is 9.24. The Kier molecular flexibility index (Phi) is 5.74. The number of amides is 2. The molecule has 1 unspecified atom stereocenters. The standard InChI is InChI=1S/C21H22N2O2S2/c24-20(23-9-11-26-12-10-23)13-15-5-7-17(8-6-15)22-21(25)19-14-16-3-1-2-4-18(16)27-19/h1-8,19H,9-14H2,(H,22,25). The molecule has 4 nitrogen and oxygen atoms in total. The summed E-state index contributed by atoms with van der Waals surface area (Å²) < 4.78 is 0. The van der Waals surface area contributed by atoms with Gasteiger partial charge >= 0.3 is 0 Å². The lowest BCUT2D eigenvalue weighted by Gasteiger charge is -2.26. The first-order valence-electron chi connectivity index (χ1n) is 9.19. The lowest BCUT2D eigenvalue weighted by Crippen LogP contribution is -2.38. The van der Waals surface area contributed by atoms with Gasteiger partial charge in [-0.2, -0.15) is 11.8 Å². The average Bonchev–Trinajstić information content (AvgIpc) is 3.14. The molecule has 2 aromatic carbocycles. The highest BCUT2D eigenvalue weighted by Crippen LogP contribution is 2.37. The van der Waals surface area contributed by atoms with Crippen molar-refractivity contribution in [1.82, 2.24) is 4.90 Å². The summed E-state index contributed by atoms with van der Waals surface area (Å²) in [7, 11) is 0. The Bertz CT molecular complexity index is 807. The fourth-order valence-electron chi connectivity index (χ4n) is 3.36. The number of nitrogens with one attached hydrogen (secondary N) is 1. The van der Waals surface area contributed by atoms with Gasteiger partial charge in [-0.1, -0.05) is 30.3 Å². The number of rotatable bonds is 4. The van der Waals surface area contributed by atoms with Gasteiger partial charge in [0.2, 0.25) is 11.8 Å². The first-order valence-corrected chi connectivity index (χ1v) is 11.2. The summed E-state index contributed by atoms with van der Waals surface area (Å²) in [6.07, 6.45) is 1.19. The van der Waals surface area contributed by atoms with Crippen LogP contribution in [0.1, 0.15) is 11.1 Å². The maximum atomic E-state index is 12.6. The molecule has 0 aliphatic carbocycles. The first kappa shape index (κ1) is 18.4. The fourth-order valence-corrected chi connectivity index (χ4v) is 5.45. The van der Waals surface area contributed by atoms with Crippen LogP contribution >= 0.6 is 23.5 Å². The van der Waals surface area contributed by atoms with Gasteiger partial charge in [0.05, 0.1) is 11.7 Å². The van der Waals surface area contributed by atoms with Crippen LogP contribution < -0.4 is 5.32 Å². The lowest BCUT2D eigenvalue weighted by atomic mass is 10.1. The molecule has 0 radical (unpaired) electrons. The molecule has 1 fully saturated rings. The summed E-state index contributed by atoms with van der Waals surface area (Å²) >= 11 is 3.53. The molecule has 0 saturated carbocycles. The number of hydrogen-bond acceptors (Lipinski definition) is 4. The van der Waals surface area contributed by atoms with E-state index in [1.54, 1.807) is 11.8 Å². The van der Waals surface area contributed by atoms with Crippen LogP contribution in [0, 0.1) is 0 Å². The summed E-state index contributed by atoms with van der Waals surface area (Å²) in [6.45, 7) is 1.69. The van der Waals surface area contributed by atoms with E-state index in [1.807, 2.05) is 53.1 Å². The molecule has 6 heteroatoms. The Labute approximate surface area is 168 Å². The van der Waals surface area contributed by atoms with E-state index in [0.29, 0.717) is 6.42 Å². The van der Waals surface area contributed by atoms with Crippen molar-refractivity contribution in [2.75, 3.05) is 29.9 Å². The van der Waals surface area contributed by atoms with E-state index >= 15 is 0 Å². The van der Waals surface area contributed by atoms with Crippen LogP contribution in [0.25, 0.3) is 0 Å². The summed E-state index contributed by atoms with van der Waals surface area (Å²) in [6, 6.07) is 15.8. The number of anilines is 1. The number of nitrogens with zero attached hydrogens (tertiary/aromatic N) is 1. The molecule has 2 aliphatic rings. The molecule has 1 N–H and O–H groups in total. The molecular weight excluding hydrogens is 376 g/mol. The highest BCUT2D eigenvalue weighted by molar-refractivity contribution is 8.01. The Balaban J connectivity index is 1.31. The van der Waals surface area contributed by atoms with E-state index in [4.69, 9.17) is 0 Å². The normalized spacial score (nSPS) is 18.8. The zero-order chi connectivity index (χ0) is 18.6. The highest BCUT2D eigenvalue weighted by Gasteiger charge is 2.28. The van der Waals surface area contributed by atoms with Gasteiger partial charge in [-0.3, -0.25) is 9.59 Å². The molecule has 0 spiro atoms. The van der Waals surface area contributed by atoms with Crippen molar-refractivity contribution in [3.63, 3.8) is 0 Å². The molecule has 0 aromatic heterocycles. The van der Waals surface area contributed by atoms with Crippen LogP contribution in [-0.2, 0) is 22.4 Å². The van der Waals surface area contributed by atoms with E-state index < -0.39 is 0 Å². The summed E-state index contributed by atoms with van der Waals surface area (Å²) in [5, 5.41) is 2.92. The van der Waals surface area contributed by atoms with E-state index in [2.05, 4.69) is 17.4 Å². The van der Waals surface area contributed by atoms with E-state index in [-0.39, 0.29) is 17.1 Å². The number of hydrogen-bond donors (Lipinski definition) is 1. The molecular formula is C21H22N2O2S2. The summed E-state index contributed by atoms with van der Waals surface area (Å²) in [5.74, 6) is 2.28. The van der Waals surface area contributed by atoms with Crippen molar-refractivity contribution >= 4 is 41.0 Å². The third kappa shape index (κ3) is 4.50. The monoisotopic (exact) mass is 398 g/mol. The minimum atomic E-state index is -0.0828. The maximum Gasteiger partial charge on any atom is 0.238 e. The molecule has 140 valence electrons. The minimum absolute atomic E-state index is 0.0332. The van der Waals surface area contributed by atoms with Crippen LogP contribution in [0.15, 0.2) is 53.4 Å². The van der Waals surface area contributed by atoms with E-state index in [0.717, 1.165) is 42.3 Å². The Hall–Kier alpha value is -1.92. The van der Waals surface area contributed by atoms with Crippen LogP contribution in [0.5, 0.6) is 0 Å². The van der Waals surface area contributed by atoms with Gasteiger partial charge in [-0.05, 0) is 35.7 Å².